The second-order valence-electron chi connectivity index (χ2n) is 7.81. The number of carbonyl (C=O) groups excluding carboxylic acids is 1. The molecule has 0 bridgehead atoms. The lowest BCUT2D eigenvalue weighted by Crippen LogP contribution is -2.35. The molecule has 3 aromatic rings. The summed E-state index contributed by atoms with van der Waals surface area (Å²) in [6, 6.07) is 14.6. The molecule has 0 unspecified atom stereocenters. The van der Waals surface area contributed by atoms with Crippen molar-refractivity contribution >= 4 is 21.5 Å². The summed E-state index contributed by atoms with van der Waals surface area (Å²) in [5, 5.41) is 11.6. The third kappa shape index (κ3) is 4.97. The van der Waals surface area contributed by atoms with E-state index < -0.39 is 26.5 Å². The minimum Gasteiger partial charge on any atom is -0.450 e. The molecule has 1 fully saturated rings. The smallest absolute Gasteiger partial charge is 0.312 e. The summed E-state index contributed by atoms with van der Waals surface area (Å²) in [5.74, 6) is -0.660. The average molecular weight is 485 g/mol. The van der Waals surface area contributed by atoms with Gasteiger partial charge in [-0.25, -0.2) is 12.8 Å². The van der Waals surface area contributed by atoms with Gasteiger partial charge >= 0.3 is 5.69 Å². The fourth-order valence-corrected chi connectivity index (χ4v) is 5.25. The lowest BCUT2D eigenvalue weighted by Gasteiger charge is -2.25. The van der Waals surface area contributed by atoms with Gasteiger partial charge in [-0.15, -0.1) is 0 Å². The quantitative estimate of drug-likeness (QED) is 0.267. The number of nitro benzene ring substituents is 1. The van der Waals surface area contributed by atoms with Gasteiger partial charge in [0, 0.05) is 30.3 Å². The Labute approximate surface area is 195 Å². The van der Waals surface area contributed by atoms with Gasteiger partial charge in [-0.1, -0.05) is 6.42 Å². The molecule has 0 N–H and O–H groups in total. The zero-order valence-electron chi connectivity index (χ0n) is 18.0. The Balaban J connectivity index is 1.56. The van der Waals surface area contributed by atoms with E-state index in [2.05, 4.69) is 0 Å². The molecule has 10 heteroatoms. The Kier molecular flexibility index (Phi) is 6.71. The van der Waals surface area contributed by atoms with Gasteiger partial charge in [0.25, 0.3) is 0 Å². The highest BCUT2D eigenvalue weighted by molar-refractivity contribution is 7.89. The van der Waals surface area contributed by atoms with Crippen LogP contribution in [0.5, 0.6) is 11.5 Å². The molecule has 0 aromatic heterocycles. The Morgan fingerprint density at radius 2 is 1.50 bits per heavy atom. The maximum Gasteiger partial charge on any atom is 0.312 e. The Morgan fingerprint density at radius 1 is 0.912 bits per heavy atom. The molecule has 0 radical (unpaired) electrons. The van der Waals surface area contributed by atoms with Crippen molar-refractivity contribution in [3.05, 3.63) is 93.8 Å². The summed E-state index contributed by atoms with van der Waals surface area (Å²) in [4.78, 5) is 23.3. The molecule has 3 aromatic carbocycles. The van der Waals surface area contributed by atoms with Gasteiger partial charge in [-0.3, -0.25) is 14.9 Å². The fourth-order valence-electron chi connectivity index (χ4n) is 3.71. The number of halogens is 1. The van der Waals surface area contributed by atoms with Gasteiger partial charge < -0.3 is 4.74 Å². The number of ether oxygens (including phenoxy) is 1. The normalized spacial score (nSPS) is 14.5. The molecule has 0 spiro atoms. The van der Waals surface area contributed by atoms with Crippen molar-refractivity contribution in [2.75, 3.05) is 13.1 Å². The second kappa shape index (κ2) is 9.70. The van der Waals surface area contributed by atoms with E-state index in [1.54, 1.807) is 0 Å². The first-order chi connectivity index (χ1) is 16.3. The highest BCUT2D eigenvalue weighted by Gasteiger charge is 2.29. The van der Waals surface area contributed by atoms with E-state index in [0.29, 0.717) is 24.2 Å². The summed E-state index contributed by atoms with van der Waals surface area (Å²) in [6.45, 7) is 0.773. The monoisotopic (exact) mass is 484 g/mol. The molecule has 34 heavy (non-hydrogen) atoms. The number of carbonyl (C=O) groups is 1. The van der Waals surface area contributed by atoms with Crippen LogP contribution in [-0.4, -0.2) is 36.5 Å². The molecular formula is C24H21FN2O6S. The Morgan fingerprint density at radius 3 is 2.09 bits per heavy atom. The van der Waals surface area contributed by atoms with E-state index in [1.165, 1.54) is 65.0 Å². The van der Waals surface area contributed by atoms with Gasteiger partial charge in [-0.2, -0.15) is 4.31 Å². The number of hydrogen-bond acceptors (Lipinski definition) is 6. The van der Waals surface area contributed by atoms with Crippen LogP contribution in [-0.2, 0) is 10.0 Å². The molecule has 4 rings (SSSR count). The second-order valence-corrected chi connectivity index (χ2v) is 9.75. The number of nitro groups is 1. The highest BCUT2D eigenvalue weighted by atomic mass is 32.2. The van der Waals surface area contributed by atoms with Gasteiger partial charge in [0.2, 0.25) is 15.8 Å². The number of nitrogens with zero attached hydrogens (tertiary/aromatic N) is 2. The number of hydrogen-bond donors (Lipinski definition) is 0. The molecule has 0 atom stereocenters. The number of sulfonamides is 1. The summed E-state index contributed by atoms with van der Waals surface area (Å²) in [6.07, 6.45) is 2.46. The van der Waals surface area contributed by atoms with Crippen LogP contribution in [0.3, 0.4) is 0 Å². The van der Waals surface area contributed by atoms with Crippen molar-refractivity contribution in [2.45, 2.75) is 24.2 Å². The number of piperidine rings is 1. The fraction of sp³-hybridized carbons (Fsp3) is 0.208. The summed E-state index contributed by atoms with van der Waals surface area (Å²) < 4.78 is 45.8. The largest absolute Gasteiger partial charge is 0.450 e. The first-order valence-corrected chi connectivity index (χ1v) is 12.1. The van der Waals surface area contributed by atoms with Crippen molar-refractivity contribution < 1.29 is 27.3 Å². The lowest BCUT2D eigenvalue weighted by molar-refractivity contribution is -0.385. The van der Waals surface area contributed by atoms with Crippen LogP contribution in [0.15, 0.2) is 71.6 Å². The third-order valence-electron chi connectivity index (χ3n) is 5.53. The van der Waals surface area contributed by atoms with E-state index in [-0.39, 0.29) is 22.2 Å². The highest BCUT2D eigenvalue weighted by Crippen LogP contribution is 2.34. The molecule has 1 heterocycles. The van der Waals surface area contributed by atoms with Crippen molar-refractivity contribution in [3.8, 4) is 11.5 Å². The molecule has 0 aliphatic carbocycles. The average Bonchev–Trinajstić information content (AvgIpc) is 2.85. The predicted molar refractivity (Wildman–Crippen MR) is 122 cm³/mol. The van der Waals surface area contributed by atoms with Crippen LogP contribution in [0, 0.1) is 15.9 Å². The van der Waals surface area contributed by atoms with E-state index in [1.807, 2.05) is 0 Å². The van der Waals surface area contributed by atoms with E-state index >= 15 is 0 Å². The minimum atomic E-state index is -3.84. The third-order valence-corrected chi connectivity index (χ3v) is 7.43. The molecule has 1 aliphatic rings. The summed E-state index contributed by atoms with van der Waals surface area (Å²) >= 11 is 0. The van der Waals surface area contributed by atoms with Crippen LogP contribution in [0.2, 0.25) is 0 Å². The number of rotatable bonds is 7. The van der Waals surface area contributed by atoms with Crippen LogP contribution >= 0.6 is 0 Å². The first-order valence-electron chi connectivity index (χ1n) is 10.6. The van der Waals surface area contributed by atoms with Gasteiger partial charge in [0.05, 0.1) is 9.82 Å². The Bertz CT molecular complexity index is 1320. The topological polar surface area (TPSA) is 107 Å². The molecule has 0 saturated carbocycles. The van der Waals surface area contributed by atoms with Crippen LogP contribution in [0.25, 0.3) is 0 Å². The molecule has 8 nitrogen and oxygen atoms in total. The van der Waals surface area contributed by atoms with Crippen molar-refractivity contribution in [1.29, 1.82) is 0 Å². The zero-order chi connectivity index (χ0) is 24.3. The molecule has 1 aliphatic heterocycles. The molecule has 0 amide bonds. The standard InChI is InChI=1S/C24H21FN2O6S/c25-19-8-4-17(5-9-19)24(28)18-6-10-20(11-7-18)33-23-13-12-21(16-22(23)27(29)30)34(31,32)26-14-2-1-3-15-26/h4-13,16H,1-3,14-15H2. The van der Waals surface area contributed by atoms with Crippen molar-refractivity contribution in [2.24, 2.45) is 0 Å². The summed E-state index contributed by atoms with van der Waals surface area (Å²) in [7, 11) is -3.84. The minimum absolute atomic E-state index is 0.125. The predicted octanol–water partition coefficient (Wildman–Crippen LogP) is 4.93. The van der Waals surface area contributed by atoms with Gasteiger partial charge in [-0.05, 0) is 73.5 Å². The summed E-state index contributed by atoms with van der Waals surface area (Å²) in [5.41, 5.74) is 0.164. The first kappa shape index (κ1) is 23.5. The van der Waals surface area contributed by atoms with Crippen LogP contribution in [0.4, 0.5) is 10.1 Å². The maximum absolute atomic E-state index is 13.1. The number of ketones is 1. The molecule has 176 valence electrons. The molecular weight excluding hydrogens is 463 g/mol. The van der Waals surface area contributed by atoms with Crippen molar-refractivity contribution in [1.82, 2.24) is 4.31 Å². The SMILES string of the molecule is O=C(c1ccc(F)cc1)c1ccc(Oc2ccc(S(=O)(=O)N3CCCCC3)cc2[N+](=O)[O-])cc1. The van der Waals surface area contributed by atoms with E-state index in [0.717, 1.165) is 25.3 Å². The van der Waals surface area contributed by atoms with E-state index in [4.69, 9.17) is 4.74 Å². The van der Waals surface area contributed by atoms with Crippen LogP contribution < -0.4 is 4.74 Å². The lowest BCUT2D eigenvalue weighted by atomic mass is 10.0. The van der Waals surface area contributed by atoms with Gasteiger partial charge in [0.1, 0.15) is 11.6 Å². The van der Waals surface area contributed by atoms with Crippen LogP contribution in [0.1, 0.15) is 35.2 Å². The van der Waals surface area contributed by atoms with Gasteiger partial charge in [0.15, 0.2) is 5.78 Å². The Hall–Kier alpha value is -3.63. The zero-order valence-corrected chi connectivity index (χ0v) is 18.8. The molecule has 1 saturated heterocycles. The van der Waals surface area contributed by atoms with E-state index in [9.17, 15) is 27.7 Å². The number of benzene rings is 3. The van der Waals surface area contributed by atoms with Crippen molar-refractivity contribution in [3.63, 3.8) is 0 Å². The maximum atomic E-state index is 13.1.